The Kier molecular flexibility index (Phi) is 3.82. The van der Waals surface area contributed by atoms with E-state index in [0.29, 0.717) is 30.4 Å². The third kappa shape index (κ3) is 3.15. The lowest BCUT2D eigenvalue weighted by Gasteiger charge is -2.01. The average molecular weight is 277 g/mol. The van der Waals surface area contributed by atoms with E-state index in [0.717, 1.165) is 0 Å². The van der Waals surface area contributed by atoms with Crippen molar-refractivity contribution in [3.05, 3.63) is 42.0 Å². The summed E-state index contributed by atoms with van der Waals surface area (Å²) in [5.41, 5.74) is 0. The molecule has 2 aromatic rings. The summed E-state index contributed by atoms with van der Waals surface area (Å²) in [6, 6.07) is 10.1. The second-order valence-electron chi connectivity index (χ2n) is 4.50. The molecule has 0 bridgehead atoms. The van der Waals surface area contributed by atoms with Gasteiger partial charge in [0.15, 0.2) is 5.82 Å². The van der Waals surface area contributed by atoms with E-state index in [1.54, 1.807) is 11.8 Å². The van der Waals surface area contributed by atoms with Crippen LogP contribution in [0.1, 0.15) is 24.2 Å². The number of aromatic nitrogens is 2. The van der Waals surface area contributed by atoms with Crippen LogP contribution in [0, 0.1) is 0 Å². The molecule has 0 aliphatic carbocycles. The minimum Gasteiger partial charge on any atom is -0.392 e. The summed E-state index contributed by atoms with van der Waals surface area (Å²) >= 11 is 1.68. The molecular weight excluding hydrogens is 262 g/mol. The average Bonchev–Trinajstić information content (AvgIpc) is 3.06. The van der Waals surface area contributed by atoms with Crippen LogP contribution < -0.4 is 5.32 Å². The van der Waals surface area contributed by atoms with E-state index in [2.05, 4.69) is 27.6 Å². The van der Waals surface area contributed by atoms with Gasteiger partial charge in [0, 0.05) is 11.4 Å². The van der Waals surface area contributed by atoms with Crippen molar-refractivity contribution in [2.45, 2.75) is 29.2 Å². The van der Waals surface area contributed by atoms with E-state index >= 15 is 0 Å². The fourth-order valence-electron chi connectivity index (χ4n) is 2.04. The summed E-state index contributed by atoms with van der Waals surface area (Å²) in [6.07, 6.45) is 0.312. The van der Waals surface area contributed by atoms with Gasteiger partial charge in [-0.1, -0.05) is 23.4 Å². The van der Waals surface area contributed by atoms with Gasteiger partial charge >= 0.3 is 0 Å². The maximum atomic E-state index is 9.46. The van der Waals surface area contributed by atoms with Crippen LogP contribution in [0.25, 0.3) is 0 Å². The number of nitrogens with one attached hydrogen (secondary N) is 1. The number of β-amino-alcohol motifs (C(OH)–C–C–N with tert-alkyl or cyclic N) is 1. The number of benzene rings is 1. The summed E-state index contributed by atoms with van der Waals surface area (Å²) in [5.74, 6) is 1.94. The summed E-state index contributed by atoms with van der Waals surface area (Å²) in [5, 5.41) is 16.6. The third-order valence-electron chi connectivity index (χ3n) is 3.00. The zero-order valence-corrected chi connectivity index (χ0v) is 11.1. The fraction of sp³-hybridized carbons (Fsp3) is 0.385. The van der Waals surface area contributed by atoms with Crippen LogP contribution >= 0.6 is 11.8 Å². The van der Waals surface area contributed by atoms with Crippen LogP contribution in [0.2, 0.25) is 0 Å². The van der Waals surface area contributed by atoms with Gasteiger partial charge in [-0.05, 0) is 18.6 Å². The van der Waals surface area contributed by atoms with Gasteiger partial charge in [-0.2, -0.15) is 4.98 Å². The van der Waals surface area contributed by atoms with Crippen molar-refractivity contribution in [3.63, 3.8) is 0 Å². The molecule has 1 aromatic heterocycles. The van der Waals surface area contributed by atoms with Crippen LogP contribution in [0.5, 0.6) is 0 Å². The van der Waals surface area contributed by atoms with Gasteiger partial charge in [0.25, 0.3) is 0 Å². The number of nitrogens with zero attached hydrogens (tertiary/aromatic N) is 2. The first-order valence-electron chi connectivity index (χ1n) is 6.23. The maximum Gasteiger partial charge on any atom is 0.243 e. The van der Waals surface area contributed by atoms with Crippen LogP contribution in [-0.2, 0) is 5.75 Å². The summed E-state index contributed by atoms with van der Waals surface area (Å²) in [4.78, 5) is 5.55. The highest BCUT2D eigenvalue weighted by Crippen LogP contribution is 2.24. The van der Waals surface area contributed by atoms with E-state index in [4.69, 9.17) is 4.52 Å². The zero-order chi connectivity index (χ0) is 13.1. The Labute approximate surface area is 115 Å². The zero-order valence-electron chi connectivity index (χ0n) is 10.3. The topological polar surface area (TPSA) is 71.2 Å². The van der Waals surface area contributed by atoms with Crippen LogP contribution in [0.3, 0.4) is 0 Å². The van der Waals surface area contributed by atoms with Crippen LogP contribution in [0.4, 0.5) is 0 Å². The van der Waals surface area contributed by atoms with Gasteiger partial charge in [-0.3, -0.25) is 0 Å². The minimum absolute atomic E-state index is 0.0158. The van der Waals surface area contributed by atoms with Gasteiger partial charge in [0.1, 0.15) is 0 Å². The van der Waals surface area contributed by atoms with E-state index in [9.17, 15) is 5.11 Å². The highest BCUT2D eigenvalue weighted by Gasteiger charge is 2.27. The Hall–Kier alpha value is -1.37. The summed E-state index contributed by atoms with van der Waals surface area (Å²) in [7, 11) is 0. The molecule has 0 spiro atoms. The highest BCUT2D eigenvalue weighted by molar-refractivity contribution is 7.98. The molecule has 19 heavy (non-hydrogen) atoms. The highest BCUT2D eigenvalue weighted by atomic mass is 32.2. The fourth-order valence-corrected chi connectivity index (χ4v) is 2.80. The Balaban J connectivity index is 1.59. The first-order valence-corrected chi connectivity index (χ1v) is 7.21. The first kappa shape index (κ1) is 12.7. The van der Waals surface area contributed by atoms with Gasteiger partial charge in [0.05, 0.1) is 17.9 Å². The van der Waals surface area contributed by atoms with E-state index in [1.807, 2.05) is 18.2 Å². The molecule has 2 heterocycles. The largest absolute Gasteiger partial charge is 0.392 e. The molecule has 1 fully saturated rings. The molecule has 100 valence electrons. The van der Waals surface area contributed by atoms with Gasteiger partial charge in [0.2, 0.25) is 5.89 Å². The van der Waals surface area contributed by atoms with Crippen LogP contribution in [-0.4, -0.2) is 27.9 Å². The molecule has 6 heteroatoms. The number of hydrogen-bond acceptors (Lipinski definition) is 6. The summed E-state index contributed by atoms with van der Waals surface area (Å²) < 4.78 is 5.24. The number of aliphatic hydroxyl groups excluding tert-OH is 1. The van der Waals surface area contributed by atoms with Crippen molar-refractivity contribution in [3.8, 4) is 0 Å². The lowest BCUT2D eigenvalue weighted by molar-refractivity contribution is 0.191. The van der Waals surface area contributed by atoms with E-state index in [-0.39, 0.29) is 12.1 Å². The van der Waals surface area contributed by atoms with Gasteiger partial charge in [-0.15, -0.1) is 11.8 Å². The molecule has 0 saturated carbocycles. The molecule has 1 aromatic carbocycles. The lowest BCUT2D eigenvalue weighted by Crippen LogP contribution is -2.15. The van der Waals surface area contributed by atoms with E-state index < -0.39 is 0 Å². The third-order valence-corrected chi connectivity index (χ3v) is 4.01. The van der Waals surface area contributed by atoms with Crippen molar-refractivity contribution in [2.24, 2.45) is 0 Å². The molecule has 3 rings (SSSR count). The molecule has 0 radical (unpaired) electrons. The van der Waals surface area contributed by atoms with Gasteiger partial charge in [-0.25, -0.2) is 0 Å². The molecule has 1 aliphatic heterocycles. The Bertz CT molecular complexity index is 532. The first-order chi connectivity index (χ1) is 9.31. The molecule has 2 N–H and O–H groups in total. The molecule has 1 aliphatic rings. The molecule has 5 nitrogen and oxygen atoms in total. The van der Waals surface area contributed by atoms with Crippen molar-refractivity contribution in [1.82, 2.24) is 15.5 Å². The number of rotatable bonds is 4. The van der Waals surface area contributed by atoms with Crippen molar-refractivity contribution >= 4 is 11.8 Å². The number of aliphatic hydroxyl groups is 1. The molecular formula is C13H15N3O2S. The monoisotopic (exact) mass is 277 g/mol. The maximum absolute atomic E-state index is 9.46. The quantitative estimate of drug-likeness (QED) is 0.830. The minimum atomic E-state index is -0.320. The normalized spacial score (nSPS) is 22.8. The molecule has 2 atom stereocenters. The molecule has 1 saturated heterocycles. The predicted molar refractivity (Wildman–Crippen MR) is 71.7 cm³/mol. The smallest absolute Gasteiger partial charge is 0.243 e. The molecule has 1 unspecified atom stereocenters. The number of hydrogen-bond donors (Lipinski definition) is 2. The van der Waals surface area contributed by atoms with Crippen molar-refractivity contribution in [1.29, 1.82) is 0 Å². The van der Waals surface area contributed by atoms with Crippen molar-refractivity contribution < 1.29 is 9.63 Å². The Morgan fingerprint density at radius 2 is 2.21 bits per heavy atom. The Morgan fingerprint density at radius 1 is 1.37 bits per heavy atom. The molecule has 0 amide bonds. The van der Waals surface area contributed by atoms with E-state index in [1.165, 1.54) is 4.90 Å². The summed E-state index contributed by atoms with van der Waals surface area (Å²) in [6.45, 7) is 0.584. The van der Waals surface area contributed by atoms with Crippen LogP contribution in [0.15, 0.2) is 39.8 Å². The SMILES string of the molecule is OC1CN[C@H](c2nc(CSc3ccccc3)no2)C1. The Morgan fingerprint density at radius 3 is 2.95 bits per heavy atom. The lowest BCUT2D eigenvalue weighted by atomic mass is 10.2. The number of thioether (sulfide) groups is 1. The standard InChI is InChI=1S/C13H15N3O2S/c17-9-6-11(14-7-9)13-15-12(16-18-13)8-19-10-4-2-1-3-5-10/h1-5,9,11,14,17H,6-8H2/t9?,11-/m0/s1. The van der Waals surface area contributed by atoms with Gasteiger partial charge < -0.3 is 14.9 Å². The second kappa shape index (κ2) is 5.73. The predicted octanol–water partition coefficient (Wildman–Crippen LogP) is 1.76. The van der Waals surface area contributed by atoms with Crippen molar-refractivity contribution in [2.75, 3.05) is 6.54 Å². The second-order valence-corrected chi connectivity index (χ2v) is 5.55.